The number of thioether (sulfide) groups is 1. The van der Waals surface area contributed by atoms with Gasteiger partial charge in [0, 0.05) is 30.1 Å². The van der Waals surface area contributed by atoms with Crippen LogP contribution in [0.2, 0.25) is 0 Å². The van der Waals surface area contributed by atoms with E-state index in [0.717, 1.165) is 22.8 Å². The zero-order valence-corrected chi connectivity index (χ0v) is 12.0. The molecule has 3 nitrogen and oxygen atoms in total. The quantitative estimate of drug-likeness (QED) is 0.909. The van der Waals surface area contributed by atoms with Crippen LogP contribution in [0.1, 0.15) is 25.0 Å². The summed E-state index contributed by atoms with van der Waals surface area (Å²) in [6.45, 7) is 1.79. The summed E-state index contributed by atoms with van der Waals surface area (Å²) in [5.41, 5.74) is 1.97. The lowest BCUT2D eigenvalue weighted by molar-refractivity contribution is 0.194. The molecule has 1 saturated heterocycles. The summed E-state index contributed by atoms with van der Waals surface area (Å²) in [5, 5.41) is 10.00. The fourth-order valence-electron chi connectivity index (χ4n) is 2.46. The number of benzene rings is 1. The third kappa shape index (κ3) is 2.59. The van der Waals surface area contributed by atoms with Gasteiger partial charge in [-0.2, -0.15) is 11.8 Å². The van der Waals surface area contributed by atoms with Crippen molar-refractivity contribution in [2.45, 2.75) is 25.5 Å². The number of aliphatic hydroxyl groups excluding tert-OH is 1. The maximum atomic E-state index is 10.00. The van der Waals surface area contributed by atoms with E-state index in [-0.39, 0.29) is 0 Å². The lowest BCUT2D eigenvalue weighted by atomic mass is 10.0. The van der Waals surface area contributed by atoms with E-state index in [2.05, 4.69) is 18.0 Å². The second kappa shape index (κ2) is 5.85. The molecule has 2 rings (SSSR count). The van der Waals surface area contributed by atoms with Gasteiger partial charge in [0.1, 0.15) is 5.75 Å². The van der Waals surface area contributed by atoms with Gasteiger partial charge in [0.25, 0.3) is 0 Å². The fraction of sp³-hybridized carbons (Fsp3) is 0.571. The second-order valence-electron chi connectivity index (χ2n) is 4.70. The predicted octanol–water partition coefficient (Wildman–Crippen LogP) is 2.69. The topological polar surface area (TPSA) is 32.7 Å². The highest BCUT2D eigenvalue weighted by Gasteiger charge is 2.24. The minimum Gasteiger partial charge on any atom is -0.496 e. The molecular formula is C14H21NO2S. The van der Waals surface area contributed by atoms with E-state index < -0.39 is 6.10 Å². The SMILES string of the molecule is COc1cccc(N(C)C2CCSC2)c1[C@@H](C)O. The molecule has 0 radical (unpaired) electrons. The number of nitrogens with zero attached hydrogens (tertiary/aromatic N) is 1. The first-order valence-electron chi connectivity index (χ1n) is 6.30. The van der Waals surface area contributed by atoms with Gasteiger partial charge in [0.2, 0.25) is 0 Å². The molecule has 1 heterocycles. The summed E-state index contributed by atoms with van der Waals surface area (Å²) in [7, 11) is 3.76. The van der Waals surface area contributed by atoms with Gasteiger partial charge < -0.3 is 14.7 Å². The summed E-state index contributed by atoms with van der Waals surface area (Å²) in [4.78, 5) is 2.28. The first kappa shape index (κ1) is 13.6. The number of methoxy groups -OCH3 is 1. The van der Waals surface area contributed by atoms with Crippen LogP contribution < -0.4 is 9.64 Å². The van der Waals surface area contributed by atoms with E-state index >= 15 is 0 Å². The predicted molar refractivity (Wildman–Crippen MR) is 77.8 cm³/mol. The summed E-state index contributed by atoms with van der Waals surface area (Å²) < 4.78 is 5.37. The monoisotopic (exact) mass is 267 g/mol. The molecule has 1 aromatic rings. The highest BCUT2D eigenvalue weighted by molar-refractivity contribution is 7.99. The van der Waals surface area contributed by atoms with Gasteiger partial charge in [-0.25, -0.2) is 0 Å². The van der Waals surface area contributed by atoms with E-state index in [1.807, 2.05) is 23.9 Å². The van der Waals surface area contributed by atoms with Crippen LogP contribution in [0.4, 0.5) is 5.69 Å². The van der Waals surface area contributed by atoms with Crippen molar-refractivity contribution in [2.24, 2.45) is 0 Å². The number of hydrogen-bond acceptors (Lipinski definition) is 4. The van der Waals surface area contributed by atoms with Gasteiger partial charge >= 0.3 is 0 Å². The van der Waals surface area contributed by atoms with Crippen molar-refractivity contribution in [3.05, 3.63) is 23.8 Å². The zero-order chi connectivity index (χ0) is 13.1. The van der Waals surface area contributed by atoms with Crippen LogP contribution >= 0.6 is 11.8 Å². The number of anilines is 1. The van der Waals surface area contributed by atoms with Gasteiger partial charge in [-0.15, -0.1) is 0 Å². The van der Waals surface area contributed by atoms with Gasteiger partial charge in [0.15, 0.2) is 0 Å². The average Bonchev–Trinajstić information content (AvgIpc) is 2.90. The standard InChI is InChI=1S/C14H21NO2S/c1-10(16)14-12(5-4-6-13(14)17-3)15(2)11-7-8-18-9-11/h4-6,10-11,16H,7-9H2,1-3H3/t10-,11?/m1/s1. The maximum Gasteiger partial charge on any atom is 0.126 e. The molecule has 0 spiro atoms. The van der Waals surface area contributed by atoms with E-state index in [1.54, 1.807) is 14.0 Å². The summed E-state index contributed by atoms with van der Waals surface area (Å²) >= 11 is 1.99. The van der Waals surface area contributed by atoms with Crippen LogP contribution in [0.5, 0.6) is 5.75 Å². The maximum absolute atomic E-state index is 10.00. The van der Waals surface area contributed by atoms with Crippen molar-refractivity contribution >= 4 is 17.4 Å². The van der Waals surface area contributed by atoms with Crippen LogP contribution in [0.25, 0.3) is 0 Å². The number of ether oxygens (including phenoxy) is 1. The Labute approximate surface area is 113 Å². The lowest BCUT2D eigenvalue weighted by Crippen LogP contribution is -2.32. The molecule has 18 heavy (non-hydrogen) atoms. The minimum atomic E-state index is -0.521. The summed E-state index contributed by atoms with van der Waals surface area (Å²) in [6.07, 6.45) is 0.685. The molecule has 4 heteroatoms. The van der Waals surface area contributed by atoms with Crippen LogP contribution in [0.15, 0.2) is 18.2 Å². The normalized spacial score (nSPS) is 20.8. The molecular weight excluding hydrogens is 246 g/mol. The van der Waals surface area contributed by atoms with Crippen LogP contribution in [0.3, 0.4) is 0 Å². The third-order valence-corrected chi connectivity index (χ3v) is 4.66. The van der Waals surface area contributed by atoms with Crippen molar-refractivity contribution in [3.63, 3.8) is 0 Å². The highest BCUT2D eigenvalue weighted by Crippen LogP contribution is 2.36. The Hall–Kier alpha value is -0.870. The van der Waals surface area contributed by atoms with Crippen LogP contribution in [-0.2, 0) is 0 Å². The molecule has 1 unspecified atom stereocenters. The minimum absolute atomic E-state index is 0.521. The third-order valence-electron chi connectivity index (χ3n) is 3.51. The van der Waals surface area contributed by atoms with E-state index in [0.29, 0.717) is 6.04 Å². The zero-order valence-electron chi connectivity index (χ0n) is 11.2. The van der Waals surface area contributed by atoms with Gasteiger partial charge in [-0.1, -0.05) is 6.07 Å². The van der Waals surface area contributed by atoms with Crippen molar-refractivity contribution in [1.29, 1.82) is 0 Å². The molecule has 0 amide bonds. The molecule has 1 N–H and O–H groups in total. The fourth-order valence-corrected chi connectivity index (χ4v) is 3.73. The highest BCUT2D eigenvalue weighted by atomic mass is 32.2. The Balaban J connectivity index is 2.36. The molecule has 0 aromatic heterocycles. The Morgan fingerprint density at radius 3 is 2.83 bits per heavy atom. The van der Waals surface area contributed by atoms with Crippen molar-refractivity contribution in [1.82, 2.24) is 0 Å². The molecule has 100 valence electrons. The summed E-state index contributed by atoms with van der Waals surface area (Å²) in [6, 6.07) is 6.51. The van der Waals surface area contributed by atoms with Crippen molar-refractivity contribution in [3.8, 4) is 5.75 Å². The number of aliphatic hydroxyl groups is 1. The Morgan fingerprint density at radius 1 is 1.50 bits per heavy atom. The van der Waals surface area contributed by atoms with Gasteiger partial charge in [0.05, 0.1) is 13.2 Å². The Kier molecular flexibility index (Phi) is 4.40. The molecule has 1 fully saturated rings. The van der Waals surface area contributed by atoms with E-state index in [9.17, 15) is 5.11 Å². The summed E-state index contributed by atoms with van der Waals surface area (Å²) in [5.74, 6) is 3.15. The first-order chi connectivity index (χ1) is 8.65. The van der Waals surface area contributed by atoms with Gasteiger partial charge in [-0.3, -0.25) is 0 Å². The van der Waals surface area contributed by atoms with E-state index in [1.165, 1.54) is 12.2 Å². The molecule has 0 bridgehead atoms. The number of hydrogen-bond donors (Lipinski definition) is 1. The molecule has 0 aliphatic carbocycles. The second-order valence-corrected chi connectivity index (χ2v) is 5.85. The average molecular weight is 267 g/mol. The first-order valence-corrected chi connectivity index (χ1v) is 7.46. The lowest BCUT2D eigenvalue weighted by Gasteiger charge is -2.29. The van der Waals surface area contributed by atoms with E-state index in [4.69, 9.17) is 4.74 Å². The molecule has 0 saturated carbocycles. The van der Waals surface area contributed by atoms with Gasteiger partial charge in [-0.05, 0) is 31.2 Å². The Bertz CT molecular complexity index is 403. The van der Waals surface area contributed by atoms with Crippen molar-refractivity contribution < 1.29 is 9.84 Å². The van der Waals surface area contributed by atoms with Crippen molar-refractivity contribution in [2.75, 3.05) is 30.6 Å². The molecule has 1 aliphatic heterocycles. The Morgan fingerprint density at radius 2 is 2.28 bits per heavy atom. The molecule has 1 aromatic carbocycles. The largest absolute Gasteiger partial charge is 0.496 e. The smallest absolute Gasteiger partial charge is 0.126 e. The van der Waals surface area contributed by atoms with Crippen LogP contribution in [-0.4, -0.2) is 36.8 Å². The van der Waals surface area contributed by atoms with Crippen LogP contribution in [0, 0.1) is 0 Å². The molecule has 1 aliphatic rings. The molecule has 2 atom stereocenters. The number of rotatable bonds is 4.